The van der Waals surface area contributed by atoms with Gasteiger partial charge in [-0.05, 0) is 12.8 Å². The molecule has 0 aromatic carbocycles. The maximum absolute atomic E-state index is 11.4. The number of carboxylic acid groups (broad SMARTS) is 1. The number of aryl methyl sites for hydroxylation is 1. The van der Waals surface area contributed by atoms with E-state index in [1.165, 1.54) is 6.20 Å². The minimum atomic E-state index is -0.966. The Morgan fingerprint density at radius 1 is 1.23 bits per heavy atom. The van der Waals surface area contributed by atoms with E-state index in [9.17, 15) is 9.90 Å². The Balaban J connectivity index is 2.34. The van der Waals surface area contributed by atoms with Gasteiger partial charge in [0.1, 0.15) is 5.56 Å². The number of fused-ring (bicyclic) bond motifs is 1. The van der Waals surface area contributed by atoms with Gasteiger partial charge in [-0.25, -0.2) is 14.5 Å². The predicted octanol–water partition coefficient (Wildman–Crippen LogP) is 3.53. The molecule has 22 heavy (non-hydrogen) atoms. The number of hydrogen-bond acceptors (Lipinski definition) is 4. The quantitative estimate of drug-likeness (QED) is 0.693. The number of pyridine rings is 1. The molecule has 0 fully saturated rings. The molecule has 0 saturated carbocycles. The molecule has 0 saturated heterocycles. The molecule has 0 aliphatic rings. The van der Waals surface area contributed by atoms with Crippen LogP contribution in [0.1, 0.15) is 56.3 Å². The molecule has 120 valence electrons. The first-order valence-corrected chi connectivity index (χ1v) is 8.00. The van der Waals surface area contributed by atoms with Crippen molar-refractivity contribution in [3.8, 4) is 0 Å². The lowest BCUT2D eigenvalue weighted by molar-refractivity contribution is 0.0697. The lowest BCUT2D eigenvalue weighted by Gasteiger charge is -2.10. The molecule has 0 unspecified atom stereocenters. The fourth-order valence-electron chi connectivity index (χ4n) is 2.44. The Kier molecular flexibility index (Phi) is 5.75. The van der Waals surface area contributed by atoms with Crippen LogP contribution in [-0.2, 0) is 6.54 Å². The molecule has 2 heterocycles. The molecule has 0 spiro atoms. The summed E-state index contributed by atoms with van der Waals surface area (Å²) >= 11 is 0. The van der Waals surface area contributed by atoms with Crippen LogP contribution in [0.4, 0.5) is 5.69 Å². The van der Waals surface area contributed by atoms with Crippen LogP contribution < -0.4 is 5.32 Å². The van der Waals surface area contributed by atoms with Gasteiger partial charge in [-0.1, -0.05) is 33.1 Å². The summed E-state index contributed by atoms with van der Waals surface area (Å²) in [6, 6.07) is 0. The number of carboxylic acids is 1. The maximum Gasteiger partial charge on any atom is 0.339 e. The van der Waals surface area contributed by atoms with Gasteiger partial charge >= 0.3 is 5.97 Å². The van der Waals surface area contributed by atoms with Crippen LogP contribution in [-0.4, -0.2) is 32.4 Å². The second-order valence-electron chi connectivity index (χ2n) is 5.44. The largest absolute Gasteiger partial charge is 0.478 e. The number of nitrogens with one attached hydrogen (secondary N) is 1. The number of rotatable bonds is 9. The van der Waals surface area contributed by atoms with Crippen molar-refractivity contribution in [1.82, 2.24) is 14.8 Å². The third kappa shape index (κ3) is 3.55. The summed E-state index contributed by atoms with van der Waals surface area (Å²) in [5.41, 5.74) is 1.59. The highest BCUT2D eigenvalue weighted by molar-refractivity contribution is 6.03. The van der Waals surface area contributed by atoms with Crippen molar-refractivity contribution >= 4 is 22.7 Å². The minimum Gasteiger partial charge on any atom is -0.478 e. The molecule has 0 bridgehead atoms. The Labute approximate surface area is 130 Å². The summed E-state index contributed by atoms with van der Waals surface area (Å²) in [5.74, 6) is -0.966. The highest BCUT2D eigenvalue weighted by atomic mass is 16.4. The molecule has 0 radical (unpaired) electrons. The summed E-state index contributed by atoms with van der Waals surface area (Å²) in [6.07, 6.45) is 8.55. The topological polar surface area (TPSA) is 80.0 Å². The van der Waals surface area contributed by atoms with Crippen molar-refractivity contribution in [2.45, 2.75) is 52.5 Å². The van der Waals surface area contributed by atoms with Gasteiger partial charge in [0.05, 0.1) is 17.3 Å². The van der Waals surface area contributed by atoms with Crippen molar-refractivity contribution in [1.29, 1.82) is 0 Å². The molecule has 0 aliphatic heterocycles. The zero-order valence-corrected chi connectivity index (χ0v) is 13.3. The van der Waals surface area contributed by atoms with Gasteiger partial charge < -0.3 is 10.4 Å². The molecule has 2 N–H and O–H groups in total. The Bertz CT molecular complexity index is 636. The van der Waals surface area contributed by atoms with Crippen LogP contribution in [0.3, 0.4) is 0 Å². The van der Waals surface area contributed by atoms with Gasteiger partial charge in [0.2, 0.25) is 0 Å². The molecule has 2 aromatic heterocycles. The summed E-state index contributed by atoms with van der Waals surface area (Å²) in [5, 5.41) is 17.8. The second-order valence-corrected chi connectivity index (χ2v) is 5.44. The van der Waals surface area contributed by atoms with Crippen molar-refractivity contribution < 1.29 is 9.90 Å². The average molecular weight is 304 g/mol. The third-order valence-electron chi connectivity index (χ3n) is 3.70. The van der Waals surface area contributed by atoms with Crippen LogP contribution in [0.2, 0.25) is 0 Å². The highest BCUT2D eigenvalue weighted by Crippen LogP contribution is 2.26. The van der Waals surface area contributed by atoms with E-state index in [0.717, 1.165) is 56.2 Å². The zero-order valence-electron chi connectivity index (χ0n) is 13.3. The van der Waals surface area contributed by atoms with Crippen molar-refractivity contribution in [3.05, 3.63) is 18.0 Å². The minimum absolute atomic E-state index is 0.205. The maximum atomic E-state index is 11.4. The van der Waals surface area contributed by atoms with E-state index in [4.69, 9.17) is 0 Å². The van der Waals surface area contributed by atoms with E-state index in [1.54, 1.807) is 6.20 Å². The number of anilines is 1. The Morgan fingerprint density at radius 2 is 2.00 bits per heavy atom. The van der Waals surface area contributed by atoms with Crippen LogP contribution in [0.25, 0.3) is 11.0 Å². The van der Waals surface area contributed by atoms with Crippen molar-refractivity contribution in [2.75, 3.05) is 11.9 Å². The van der Waals surface area contributed by atoms with E-state index in [0.29, 0.717) is 5.69 Å². The van der Waals surface area contributed by atoms with E-state index in [2.05, 4.69) is 29.2 Å². The Morgan fingerprint density at radius 3 is 2.68 bits per heavy atom. The van der Waals surface area contributed by atoms with Crippen LogP contribution in [0.15, 0.2) is 12.4 Å². The molecule has 0 amide bonds. The third-order valence-corrected chi connectivity index (χ3v) is 3.70. The van der Waals surface area contributed by atoms with Gasteiger partial charge in [0.15, 0.2) is 5.65 Å². The summed E-state index contributed by atoms with van der Waals surface area (Å²) in [7, 11) is 0. The molecular weight excluding hydrogens is 280 g/mol. The summed E-state index contributed by atoms with van der Waals surface area (Å²) in [6.45, 7) is 5.82. The molecule has 0 aliphatic carbocycles. The molecule has 2 rings (SSSR count). The number of aromatic carboxylic acids is 1. The van der Waals surface area contributed by atoms with Gasteiger partial charge in [0, 0.05) is 19.3 Å². The van der Waals surface area contributed by atoms with Gasteiger partial charge in [-0.15, -0.1) is 0 Å². The van der Waals surface area contributed by atoms with Crippen molar-refractivity contribution in [3.63, 3.8) is 0 Å². The second kappa shape index (κ2) is 7.77. The lowest BCUT2D eigenvalue weighted by Crippen LogP contribution is -2.09. The van der Waals surface area contributed by atoms with Crippen LogP contribution >= 0.6 is 0 Å². The van der Waals surface area contributed by atoms with E-state index < -0.39 is 5.97 Å². The van der Waals surface area contributed by atoms with Gasteiger partial charge in [0.25, 0.3) is 0 Å². The smallest absolute Gasteiger partial charge is 0.339 e. The molecule has 2 aromatic rings. The lowest BCUT2D eigenvalue weighted by atomic mass is 10.1. The molecule has 0 atom stereocenters. The van der Waals surface area contributed by atoms with Gasteiger partial charge in [-0.2, -0.15) is 5.10 Å². The zero-order chi connectivity index (χ0) is 15.9. The van der Waals surface area contributed by atoms with Crippen LogP contribution in [0, 0.1) is 0 Å². The number of nitrogens with zero attached hydrogens (tertiary/aromatic N) is 3. The first-order chi connectivity index (χ1) is 10.7. The summed E-state index contributed by atoms with van der Waals surface area (Å²) < 4.78 is 1.86. The first kappa shape index (κ1) is 16.3. The van der Waals surface area contributed by atoms with E-state index in [1.807, 2.05) is 4.68 Å². The SMILES string of the molecule is CCCCCn1ncc2c(NCCCC)c(C(=O)O)cnc21. The fraction of sp³-hybridized carbons (Fsp3) is 0.562. The van der Waals surface area contributed by atoms with E-state index >= 15 is 0 Å². The Hall–Kier alpha value is -2.11. The first-order valence-electron chi connectivity index (χ1n) is 8.00. The molecule has 6 heteroatoms. The number of hydrogen-bond donors (Lipinski definition) is 2. The monoisotopic (exact) mass is 304 g/mol. The standard InChI is InChI=1S/C16H24N4O2/c1-3-5-7-9-20-15-12(11-19-20)14(17-8-6-4-2)13(10-18-15)16(21)22/h10-11H,3-9H2,1-2H3,(H,17,18)(H,21,22). The van der Waals surface area contributed by atoms with Gasteiger partial charge in [-0.3, -0.25) is 0 Å². The van der Waals surface area contributed by atoms with E-state index in [-0.39, 0.29) is 5.56 Å². The average Bonchev–Trinajstić information content (AvgIpc) is 2.91. The number of carbonyl (C=O) groups is 1. The molecule has 6 nitrogen and oxygen atoms in total. The highest BCUT2D eigenvalue weighted by Gasteiger charge is 2.17. The summed E-state index contributed by atoms with van der Waals surface area (Å²) in [4.78, 5) is 15.7. The normalized spacial score (nSPS) is 11.0. The fourth-order valence-corrected chi connectivity index (χ4v) is 2.44. The predicted molar refractivity (Wildman–Crippen MR) is 87.4 cm³/mol. The number of aromatic nitrogens is 3. The van der Waals surface area contributed by atoms with Crippen LogP contribution in [0.5, 0.6) is 0 Å². The number of unbranched alkanes of at least 4 members (excludes halogenated alkanes) is 3. The molecular formula is C16H24N4O2. The van der Waals surface area contributed by atoms with Crippen molar-refractivity contribution in [2.24, 2.45) is 0 Å².